The van der Waals surface area contributed by atoms with Gasteiger partial charge < -0.3 is 10.2 Å². The maximum absolute atomic E-state index is 13.0. The van der Waals surface area contributed by atoms with Crippen molar-refractivity contribution in [1.29, 1.82) is 5.26 Å². The first-order chi connectivity index (χ1) is 10.1. The number of nitrogens with one attached hydrogen (secondary N) is 1. The van der Waals surface area contributed by atoms with Crippen LogP contribution in [0.2, 0.25) is 0 Å². The van der Waals surface area contributed by atoms with Gasteiger partial charge >= 0.3 is 0 Å². The molecule has 4 nitrogen and oxygen atoms in total. The summed E-state index contributed by atoms with van der Waals surface area (Å²) in [6, 6.07) is 11.6. The number of hydrogen-bond acceptors (Lipinski definition) is 3. The number of hydrogen-bond donors (Lipinski definition) is 1. The molecular formula is C17H23N3O. The molecule has 4 heteroatoms. The van der Waals surface area contributed by atoms with Gasteiger partial charge in [0.1, 0.15) is 0 Å². The van der Waals surface area contributed by atoms with Gasteiger partial charge in [-0.15, -0.1) is 0 Å². The number of nitrogens with zero attached hydrogens (tertiary/aromatic N) is 2. The lowest BCUT2D eigenvalue weighted by Gasteiger charge is -2.40. The quantitative estimate of drug-likeness (QED) is 0.925. The zero-order valence-electron chi connectivity index (χ0n) is 12.8. The highest BCUT2D eigenvalue weighted by molar-refractivity contribution is 5.97. The van der Waals surface area contributed by atoms with Gasteiger partial charge in [-0.25, -0.2) is 0 Å². The molecule has 1 atom stereocenters. The molecule has 0 radical (unpaired) electrons. The lowest BCUT2D eigenvalue weighted by Crippen LogP contribution is -2.57. The fourth-order valence-corrected chi connectivity index (χ4v) is 2.92. The van der Waals surface area contributed by atoms with E-state index in [4.69, 9.17) is 5.26 Å². The van der Waals surface area contributed by atoms with Crippen LogP contribution in [0.25, 0.3) is 0 Å². The van der Waals surface area contributed by atoms with Crippen molar-refractivity contribution in [3.8, 4) is 6.07 Å². The van der Waals surface area contributed by atoms with Crippen LogP contribution in [0.15, 0.2) is 30.3 Å². The van der Waals surface area contributed by atoms with E-state index < -0.39 is 0 Å². The third-order valence-corrected chi connectivity index (χ3v) is 4.16. The largest absolute Gasteiger partial charge is 0.310 e. The average molecular weight is 285 g/mol. The smallest absolute Gasteiger partial charge is 0.244 e. The molecule has 1 saturated heterocycles. The van der Waals surface area contributed by atoms with Crippen LogP contribution in [-0.2, 0) is 4.79 Å². The molecule has 2 rings (SSSR count). The highest BCUT2D eigenvalue weighted by Gasteiger charge is 2.39. The predicted molar refractivity (Wildman–Crippen MR) is 83.8 cm³/mol. The molecule has 0 saturated carbocycles. The van der Waals surface area contributed by atoms with Crippen LogP contribution in [0.1, 0.15) is 33.1 Å². The Morgan fingerprint density at radius 1 is 1.43 bits per heavy atom. The normalized spacial score (nSPS) is 20.5. The summed E-state index contributed by atoms with van der Waals surface area (Å²) in [5.74, 6) is 0.0705. The van der Waals surface area contributed by atoms with Crippen molar-refractivity contribution in [3.05, 3.63) is 30.3 Å². The molecular weight excluding hydrogens is 262 g/mol. The number of carbonyl (C=O) groups excluding carboxylic acids is 1. The second-order valence-electron chi connectivity index (χ2n) is 6.21. The molecule has 1 aliphatic rings. The highest BCUT2D eigenvalue weighted by atomic mass is 16.2. The van der Waals surface area contributed by atoms with Crippen molar-refractivity contribution in [2.45, 2.75) is 39.2 Å². The molecule has 1 N–H and O–H groups in total. The molecule has 0 aromatic heterocycles. The lowest BCUT2D eigenvalue weighted by atomic mass is 9.77. The minimum Gasteiger partial charge on any atom is -0.310 e. The summed E-state index contributed by atoms with van der Waals surface area (Å²) in [6.07, 6.45) is 2.48. The first kappa shape index (κ1) is 15.5. The number of carbonyl (C=O) groups is 1. The van der Waals surface area contributed by atoms with E-state index in [2.05, 4.69) is 25.2 Å². The summed E-state index contributed by atoms with van der Waals surface area (Å²) in [7, 11) is 0. The van der Waals surface area contributed by atoms with Crippen LogP contribution in [-0.4, -0.2) is 25.0 Å². The summed E-state index contributed by atoms with van der Waals surface area (Å²) >= 11 is 0. The Bertz CT molecular complexity index is 519. The number of piperidine rings is 1. The maximum atomic E-state index is 13.0. The summed E-state index contributed by atoms with van der Waals surface area (Å²) in [4.78, 5) is 14.7. The molecule has 1 aromatic rings. The molecule has 1 heterocycles. The van der Waals surface area contributed by atoms with Crippen molar-refractivity contribution in [2.24, 2.45) is 5.41 Å². The van der Waals surface area contributed by atoms with E-state index >= 15 is 0 Å². The third kappa shape index (κ3) is 3.62. The molecule has 21 heavy (non-hydrogen) atoms. The molecule has 112 valence electrons. The van der Waals surface area contributed by atoms with E-state index in [1.807, 2.05) is 30.3 Å². The van der Waals surface area contributed by atoms with Gasteiger partial charge in [-0.3, -0.25) is 4.79 Å². The highest BCUT2D eigenvalue weighted by Crippen LogP contribution is 2.32. The Hall–Kier alpha value is -1.86. The van der Waals surface area contributed by atoms with Crippen molar-refractivity contribution in [3.63, 3.8) is 0 Å². The SMILES string of the molecule is CC1(C)CCCNC1C(=O)N(CCC#N)c1ccccc1. The van der Waals surface area contributed by atoms with Crippen LogP contribution >= 0.6 is 0 Å². The lowest BCUT2D eigenvalue weighted by molar-refractivity contribution is -0.124. The fourth-order valence-electron chi connectivity index (χ4n) is 2.92. The minimum atomic E-state index is -0.190. The molecule has 0 bridgehead atoms. The monoisotopic (exact) mass is 285 g/mol. The number of nitriles is 1. The summed E-state index contributed by atoms with van der Waals surface area (Å²) < 4.78 is 0. The van der Waals surface area contributed by atoms with Crippen molar-refractivity contribution < 1.29 is 4.79 Å². The van der Waals surface area contributed by atoms with Gasteiger partial charge in [0.25, 0.3) is 0 Å². The molecule has 1 aromatic carbocycles. The van der Waals surface area contributed by atoms with Gasteiger partial charge in [0.2, 0.25) is 5.91 Å². The summed E-state index contributed by atoms with van der Waals surface area (Å²) in [5.41, 5.74) is 0.801. The van der Waals surface area contributed by atoms with E-state index in [0.29, 0.717) is 13.0 Å². The van der Waals surface area contributed by atoms with E-state index in [9.17, 15) is 4.79 Å². The molecule has 1 amide bonds. The zero-order valence-corrected chi connectivity index (χ0v) is 12.8. The number of anilines is 1. The van der Waals surface area contributed by atoms with E-state index in [1.54, 1.807) is 4.90 Å². The number of benzene rings is 1. The average Bonchev–Trinajstić information content (AvgIpc) is 2.48. The molecule has 1 unspecified atom stereocenters. The van der Waals surface area contributed by atoms with Gasteiger partial charge in [-0.1, -0.05) is 32.0 Å². The Balaban J connectivity index is 2.24. The Morgan fingerprint density at radius 3 is 2.76 bits per heavy atom. The number of amides is 1. The second kappa shape index (κ2) is 6.73. The van der Waals surface area contributed by atoms with Crippen LogP contribution in [0.4, 0.5) is 5.69 Å². The molecule has 1 fully saturated rings. The van der Waals surface area contributed by atoms with Gasteiger partial charge in [0.05, 0.1) is 18.5 Å². The third-order valence-electron chi connectivity index (χ3n) is 4.16. The topological polar surface area (TPSA) is 56.1 Å². The molecule has 0 aliphatic carbocycles. The van der Waals surface area contributed by atoms with E-state index in [0.717, 1.165) is 25.1 Å². The van der Waals surface area contributed by atoms with Crippen molar-refractivity contribution in [1.82, 2.24) is 5.32 Å². The molecule has 1 aliphatic heterocycles. The van der Waals surface area contributed by atoms with E-state index in [1.165, 1.54) is 0 Å². The summed E-state index contributed by atoms with van der Waals surface area (Å²) in [5, 5.41) is 12.2. The van der Waals surface area contributed by atoms with Gasteiger partial charge in [-0.2, -0.15) is 5.26 Å². The minimum absolute atomic E-state index is 0.0605. The zero-order chi connectivity index (χ0) is 15.3. The van der Waals surface area contributed by atoms with Gasteiger partial charge in [0, 0.05) is 12.2 Å². The maximum Gasteiger partial charge on any atom is 0.244 e. The van der Waals surface area contributed by atoms with Crippen LogP contribution < -0.4 is 10.2 Å². The van der Waals surface area contributed by atoms with Gasteiger partial charge in [0.15, 0.2) is 0 Å². The van der Waals surface area contributed by atoms with Crippen LogP contribution in [0, 0.1) is 16.7 Å². The Labute approximate surface area is 126 Å². The first-order valence-corrected chi connectivity index (χ1v) is 7.53. The number of rotatable bonds is 4. The number of para-hydroxylation sites is 1. The Morgan fingerprint density at radius 2 is 2.14 bits per heavy atom. The van der Waals surface area contributed by atoms with Crippen LogP contribution in [0.3, 0.4) is 0 Å². The van der Waals surface area contributed by atoms with Gasteiger partial charge in [-0.05, 0) is 36.9 Å². The fraction of sp³-hybridized carbons (Fsp3) is 0.529. The molecule has 0 spiro atoms. The second-order valence-corrected chi connectivity index (χ2v) is 6.21. The van der Waals surface area contributed by atoms with E-state index in [-0.39, 0.29) is 17.4 Å². The Kier molecular flexibility index (Phi) is 4.98. The predicted octanol–water partition coefficient (Wildman–Crippen LogP) is 2.71. The van der Waals surface area contributed by atoms with Crippen molar-refractivity contribution >= 4 is 11.6 Å². The summed E-state index contributed by atoms with van der Waals surface area (Å²) in [6.45, 7) is 5.58. The standard InChI is InChI=1S/C17H23N3O/c1-17(2)10-6-12-19-15(17)16(21)20(13-7-11-18)14-8-4-3-5-9-14/h3-5,8-9,15,19H,6-7,10,12-13H2,1-2H3. The first-order valence-electron chi connectivity index (χ1n) is 7.53. The van der Waals surface area contributed by atoms with Crippen LogP contribution in [0.5, 0.6) is 0 Å². The van der Waals surface area contributed by atoms with Crippen molar-refractivity contribution in [2.75, 3.05) is 18.0 Å².